The Balaban J connectivity index is 2.18. The number of sulfonamides is 1. The topological polar surface area (TPSA) is 105 Å². The molecule has 2 aromatic rings. The van der Waals surface area contributed by atoms with Crippen molar-refractivity contribution in [3.63, 3.8) is 0 Å². The number of amides is 1. The zero-order chi connectivity index (χ0) is 22.3. The Morgan fingerprint density at radius 1 is 1.10 bits per heavy atom. The van der Waals surface area contributed by atoms with Crippen LogP contribution in [0.1, 0.15) is 26.2 Å². The molecule has 8 nitrogen and oxygen atoms in total. The van der Waals surface area contributed by atoms with Gasteiger partial charge in [-0.2, -0.15) is 0 Å². The van der Waals surface area contributed by atoms with Crippen LogP contribution in [0.5, 0.6) is 0 Å². The van der Waals surface area contributed by atoms with E-state index in [0.717, 1.165) is 23.9 Å². The SMILES string of the molecule is CCCCC(NC(=O)CNS(=O)(=O)c1cccc2c(N(C)C)cccc12)C(=O)OC. The van der Waals surface area contributed by atoms with Gasteiger partial charge < -0.3 is 15.0 Å². The first-order valence-electron chi connectivity index (χ1n) is 9.77. The van der Waals surface area contributed by atoms with Gasteiger partial charge in [-0.1, -0.05) is 44.0 Å². The molecule has 0 bridgehead atoms. The summed E-state index contributed by atoms with van der Waals surface area (Å²) in [6.07, 6.45) is 2.01. The second kappa shape index (κ2) is 10.4. The number of nitrogens with one attached hydrogen (secondary N) is 2. The molecule has 2 N–H and O–H groups in total. The Hall–Kier alpha value is -2.65. The third-order valence-corrected chi connectivity index (χ3v) is 6.18. The van der Waals surface area contributed by atoms with Crippen LogP contribution in [0.4, 0.5) is 5.69 Å². The molecule has 0 saturated carbocycles. The first-order chi connectivity index (χ1) is 14.2. The van der Waals surface area contributed by atoms with E-state index in [2.05, 4.69) is 10.0 Å². The number of hydrogen-bond donors (Lipinski definition) is 2. The van der Waals surface area contributed by atoms with Gasteiger partial charge in [0.1, 0.15) is 6.04 Å². The highest BCUT2D eigenvalue weighted by atomic mass is 32.2. The van der Waals surface area contributed by atoms with Gasteiger partial charge in [-0.25, -0.2) is 17.9 Å². The van der Waals surface area contributed by atoms with Gasteiger partial charge in [0, 0.05) is 30.6 Å². The molecule has 0 aliphatic heterocycles. The smallest absolute Gasteiger partial charge is 0.328 e. The molecule has 9 heteroatoms. The number of carbonyl (C=O) groups excluding carboxylic acids is 2. The highest BCUT2D eigenvalue weighted by Gasteiger charge is 2.23. The average Bonchev–Trinajstić information content (AvgIpc) is 2.73. The van der Waals surface area contributed by atoms with Crippen LogP contribution in [0.2, 0.25) is 0 Å². The molecule has 0 fully saturated rings. The summed E-state index contributed by atoms with van der Waals surface area (Å²) in [5, 5.41) is 3.89. The van der Waals surface area contributed by atoms with Crippen LogP contribution in [0.25, 0.3) is 10.8 Å². The van der Waals surface area contributed by atoms with Crippen LogP contribution in [-0.4, -0.2) is 54.1 Å². The molecule has 0 aliphatic rings. The van der Waals surface area contributed by atoms with Crippen LogP contribution >= 0.6 is 0 Å². The summed E-state index contributed by atoms with van der Waals surface area (Å²) in [6.45, 7) is 1.49. The highest BCUT2D eigenvalue weighted by molar-refractivity contribution is 7.89. The van der Waals surface area contributed by atoms with Crippen molar-refractivity contribution in [2.75, 3.05) is 32.6 Å². The number of rotatable bonds is 10. The standard InChI is InChI=1S/C21H29N3O5S/c1-5-6-11-17(21(26)29-4)23-20(25)14-22-30(27,28)19-13-8-9-15-16(19)10-7-12-18(15)24(2)3/h7-10,12-13,17,22H,5-6,11,14H2,1-4H3,(H,23,25). The lowest BCUT2D eigenvalue weighted by atomic mass is 10.1. The number of nitrogens with zero attached hydrogens (tertiary/aromatic N) is 1. The third kappa shape index (κ3) is 5.70. The van der Waals surface area contributed by atoms with Crippen molar-refractivity contribution < 1.29 is 22.7 Å². The minimum Gasteiger partial charge on any atom is -0.467 e. The van der Waals surface area contributed by atoms with Crippen LogP contribution < -0.4 is 14.9 Å². The molecule has 2 rings (SSSR count). The summed E-state index contributed by atoms with van der Waals surface area (Å²) in [6, 6.07) is 9.65. The van der Waals surface area contributed by atoms with Crippen molar-refractivity contribution in [3.8, 4) is 0 Å². The number of esters is 1. The zero-order valence-electron chi connectivity index (χ0n) is 17.8. The summed E-state index contributed by atoms with van der Waals surface area (Å²) in [5.74, 6) is -1.15. The van der Waals surface area contributed by atoms with E-state index in [-0.39, 0.29) is 4.90 Å². The molecule has 0 radical (unpaired) electrons. The molecular weight excluding hydrogens is 406 g/mol. The van der Waals surface area contributed by atoms with E-state index in [1.54, 1.807) is 18.2 Å². The minimum absolute atomic E-state index is 0.0898. The van der Waals surface area contributed by atoms with Crippen LogP contribution in [0, 0.1) is 0 Å². The van der Waals surface area contributed by atoms with Crippen molar-refractivity contribution in [3.05, 3.63) is 36.4 Å². The maximum absolute atomic E-state index is 12.9. The van der Waals surface area contributed by atoms with Gasteiger partial charge in [0.2, 0.25) is 15.9 Å². The highest BCUT2D eigenvalue weighted by Crippen LogP contribution is 2.29. The first kappa shape index (κ1) is 23.6. The number of unbranched alkanes of at least 4 members (excludes halogenated alkanes) is 1. The van der Waals surface area contributed by atoms with Crippen molar-refractivity contribution in [2.45, 2.75) is 37.1 Å². The number of carbonyl (C=O) groups is 2. The van der Waals surface area contributed by atoms with Crippen molar-refractivity contribution >= 4 is 38.4 Å². The Kier molecular flexibility index (Phi) is 8.19. The number of methoxy groups -OCH3 is 1. The van der Waals surface area contributed by atoms with Crippen molar-refractivity contribution in [1.29, 1.82) is 0 Å². The van der Waals surface area contributed by atoms with Gasteiger partial charge in [-0.05, 0) is 18.6 Å². The lowest BCUT2D eigenvalue weighted by molar-refractivity contribution is -0.145. The Bertz CT molecular complexity index is 1000. The number of hydrogen-bond acceptors (Lipinski definition) is 6. The van der Waals surface area contributed by atoms with Gasteiger partial charge in [0.05, 0.1) is 18.6 Å². The van der Waals surface area contributed by atoms with Crippen LogP contribution in [0.3, 0.4) is 0 Å². The molecular formula is C21H29N3O5S. The van der Waals surface area contributed by atoms with Gasteiger partial charge in [-0.15, -0.1) is 0 Å². The maximum atomic E-state index is 12.9. The maximum Gasteiger partial charge on any atom is 0.328 e. The van der Waals surface area contributed by atoms with E-state index in [0.29, 0.717) is 11.8 Å². The second-order valence-electron chi connectivity index (χ2n) is 7.13. The monoisotopic (exact) mass is 435 g/mol. The first-order valence-corrected chi connectivity index (χ1v) is 11.3. The van der Waals surface area contributed by atoms with E-state index in [4.69, 9.17) is 4.74 Å². The molecule has 0 heterocycles. The normalized spacial score (nSPS) is 12.4. The molecule has 1 unspecified atom stereocenters. The quantitative estimate of drug-likeness (QED) is 0.554. The molecule has 30 heavy (non-hydrogen) atoms. The van der Waals surface area contributed by atoms with Crippen LogP contribution in [0.15, 0.2) is 41.3 Å². The number of anilines is 1. The minimum atomic E-state index is -3.95. The molecule has 0 saturated heterocycles. The van der Waals surface area contributed by atoms with Crippen molar-refractivity contribution in [2.24, 2.45) is 0 Å². The molecule has 1 atom stereocenters. The van der Waals surface area contributed by atoms with Crippen molar-refractivity contribution in [1.82, 2.24) is 10.0 Å². The predicted molar refractivity (Wildman–Crippen MR) is 117 cm³/mol. The second-order valence-corrected chi connectivity index (χ2v) is 8.87. The van der Waals surface area contributed by atoms with Gasteiger partial charge in [0.25, 0.3) is 0 Å². The van der Waals surface area contributed by atoms with E-state index in [1.165, 1.54) is 13.2 Å². The van der Waals surface area contributed by atoms with E-state index in [1.807, 2.05) is 38.1 Å². The van der Waals surface area contributed by atoms with E-state index < -0.39 is 34.5 Å². The lowest BCUT2D eigenvalue weighted by Crippen LogP contribution is -2.45. The molecule has 164 valence electrons. The Labute approximate surface area is 177 Å². The fourth-order valence-corrected chi connectivity index (χ4v) is 4.37. The van der Waals surface area contributed by atoms with Gasteiger partial charge >= 0.3 is 5.97 Å². The van der Waals surface area contributed by atoms with Gasteiger partial charge in [0.15, 0.2) is 0 Å². The third-order valence-electron chi connectivity index (χ3n) is 4.72. The molecule has 0 spiro atoms. The Morgan fingerprint density at radius 3 is 2.40 bits per heavy atom. The van der Waals surface area contributed by atoms with Gasteiger partial charge in [-0.3, -0.25) is 4.79 Å². The fourth-order valence-electron chi connectivity index (χ4n) is 3.17. The number of fused-ring (bicyclic) bond motifs is 1. The fraction of sp³-hybridized carbons (Fsp3) is 0.429. The summed E-state index contributed by atoms with van der Waals surface area (Å²) < 4.78 is 32.8. The number of benzene rings is 2. The molecule has 2 aromatic carbocycles. The lowest BCUT2D eigenvalue weighted by Gasteiger charge is -2.18. The summed E-state index contributed by atoms with van der Waals surface area (Å²) in [5.41, 5.74) is 0.888. The summed E-state index contributed by atoms with van der Waals surface area (Å²) in [4.78, 5) is 26.1. The average molecular weight is 436 g/mol. The molecule has 0 aromatic heterocycles. The van der Waals surface area contributed by atoms with Crippen LogP contribution in [-0.2, 0) is 24.3 Å². The predicted octanol–water partition coefficient (Wildman–Crippen LogP) is 2.03. The zero-order valence-corrected chi connectivity index (χ0v) is 18.6. The number of ether oxygens (including phenoxy) is 1. The summed E-state index contributed by atoms with van der Waals surface area (Å²) >= 11 is 0. The molecule has 1 amide bonds. The molecule has 0 aliphatic carbocycles. The van der Waals surface area contributed by atoms with E-state index >= 15 is 0 Å². The van der Waals surface area contributed by atoms with E-state index in [9.17, 15) is 18.0 Å². The Morgan fingerprint density at radius 2 is 1.77 bits per heavy atom. The largest absolute Gasteiger partial charge is 0.467 e. The summed E-state index contributed by atoms with van der Waals surface area (Å²) in [7, 11) is 1.07.